The molecule has 2 aromatic rings. The fourth-order valence-corrected chi connectivity index (χ4v) is 7.21. The molecule has 2 aromatic carbocycles. The Balaban J connectivity index is 1.75. The quantitative estimate of drug-likeness (QED) is 0.307. The van der Waals surface area contributed by atoms with Crippen molar-refractivity contribution in [3.8, 4) is 16.9 Å². The van der Waals surface area contributed by atoms with E-state index in [4.69, 9.17) is 10.5 Å². The number of methoxy groups -OCH3 is 1. The molecule has 44 heavy (non-hydrogen) atoms. The van der Waals surface area contributed by atoms with E-state index in [1.54, 1.807) is 49.3 Å². The molecule has 0 saturated carbocycles. The fourth-order valence-electron chi connectivity index (χ4n) is 7.21. The van der Waals surface area contributed by atoms with Crippen LogP contribution in [0, 0.1) is 11.8 Å². The summed E-state index contributed by atoms with van der Waals surface area (Å²) in [5, 5.41) is 37.3. The van der Waals surface area contributed by atoms with Crippen molar-refractivity contribution in [2.45, 2.75) is 31.4 Å². The summed E-state index contributed by atoms with van der Waals surface area (Å²) in [4.78, 5) is 55.7. The van der Waals surface area contributed by atoms with Crippen LogP contribution in [-0.4, -0.2) is 90.5 Å². The lowest BCUT2D eigenvalue weighted by molar-refractivity contribution is -0.154. The Morgan fingerprint density at radius 2 is 1.77 bits per heavy atom. The van der Waals surface area contributed by atoms with Crippen LogP contribution in [0.25, 0.3) is 11.1 Å². The van der Waals surface area contributed by atoms with Gasteiger partial charge in [0.25, 0.3) is 5.91 Å². The third kappa shape index (κ3) is 4.36. The average Bonchev–Trinajstić information content (AvgIpc) is 2.92. The molecule has 12 heteroatoms. The van der Waals surface area contributed by atoms with Gasteiger partial charge in [-0.25, -0.2) is 0 Å². The maximum atomic E-state index is 14.4. The van der Waals surface area contributed by atoms with Crippen molar-refractivity contribution < 1.29 is 39.2 Å². The molecule has 0 heterocycles. The first-order valence-electron chi connectivity index (χ1n) is 14.1. The van der Waals surface area contributed by atoms with Crippen LogP contribution in [-0.2, 0) is 25.5 Å². The lowest BCUT2D eigenvalue weighted by Gasteiger charge is -2.51. The zero-order valence-corrected chi connectivity index (χ0v) is 25.4. The number of anilines is 2. The first-order valence-corrected chi connectivity index (χ1v) is 14.1. The zero-order valence-electron chi connectivity index (χ0n) is 25.4. The number of hydrogen-bond donors (Lipinski definition) is 5. The number of likely N-dealkylation sites (N-methyl/N-ethyl adjacent to an activating group) is 1. The Bertz CT molecular complexity index is 1690. The number of nitrogens with one attached hydrogen (secondary N) is 1. The standard InChI is InChI=1S/C32H36N4O8/c1-14(37)34-17-9-7-8-15(10-17)18-13-21(35(2)3)19-11-16-12-20-25(36(4)5)28(40)24(31(33)43)30(42)32(20,44-6)29(41)22(16)27(39)23(19)26(18)38/h7-10,13,16,20,25,38,40-41H,11-12H2,1-6H3,(H2,33,43)(H,34,37)/t16?,20?,25?,32-/m0/s1. The average molecular weight is 605 g/mol. The van der Waals surface area contributed by atoms with Gasteiger partial charge in [-0.2, -0.15) is 0 Å². The van der Waals surface area contributed by atoms with Crippen molar-refractivity contribution >= 4 is 34.8 Å². The van der Waals surface area contributed by atoms with Gasteiger partial charge in [-0.1, -0.05) is 12.1 Å². The first-order chi connectivity index (χ1) is 20.7. The topological polar surface area (TPSA) is 183 Å². The normalized spacial score (nSPS) is 24.6. The lowest BCUT2D eigenvalue weighted by Crippen LogP contribution is -2.64. The number of rotatable bonds is 6. The largest absolute Gasteiger partial charge is 0.510 e. The minimum atomic E-state index is -2.17. The smallest absolute Gasteiger partial charge is 0.255 e. The molecule has 0 saturated heterocycles. The second-order valence-electron chi connectivity index (χ2n) is 11.9. The number of amides is 2. The van der Waals surface area contributed by atoms with Crippen molar-refractivity contribution in [2.24, 2.45) is 17.6 Å². The Labute approximate surface area is 254 Å². The molecular formula is C32H36N4O8. The zero-order chi connectivity index (χ0) is 32.4. The molecule has 3 aliphatic carbocycles. The highest BCUT2D eigenvalue weighted by Crippen LogP contribution is 2.55. The van der Waals surface area contributed by atoms with E-state index < -0.39 is 58.0 Å². The molecule has 3 unspecified atom stereocenters. The number of phenolic OH excluding ortho intramolecular Hbond substituents is 1. The van der Waals surface area contributed by atoms with Crippen LogP contribution in [0.3, 0.4) is 0 Å². The van der Waals surface area contributed by atoms with E-state index in [9.17, 15) is 34.5 Å². The van der Waals surface area contributed by atoms with Crippen LogP contribution in [0.2, 0.25) is 0 Å². The monoisotopic (exact) mass is 604 g/mol. The van der Waals surface area contributed by atoms with Crippen LogP contribution in [0.1, 0.15) is 29.3 Å². The van der Waals surface area contributed by atoms with Gasteiger partial charge in [0.2, 0.25) is 11.7 Å². The number of carbonyl (C=O) groups is 4. The summed E-state index contributed by atoms with van der Waals surface area (Å²) in [5.41, 5.74) is 5.09. The van der Waals surface area contributed by atoms with E-state index in [1.165, 1.54) is 14.0 Å². The number of fused-ring (bicyclic) bond motifs is 3. The number of Topliss-reactive ketones (excluding diaryl/α,β-unsaturated/α-hetero) is 2. The van der Waals surface area contributed by atoms with Crippen LogP contribution < -0.4 is 16.0 Å². The molecule has 0 bridgehead atoms. The van der Waals surface area contributed by atoms with Gasteiger partial charge in [-0.15, -0.1) is 0 Å². The molecule has 0 aromatic heterocycles. The highest BCUT2D eigenvalue weighted by Gasteiger charge is 2.64. The molecule has 2 amide bonds. The molecule has 232 valence electrons. The molecule has 3 aliphatic rings. The maximum Gasteiger partial charge on any atom is 0.255 e. The van der Waals surface area contributed by atoms with E-state index in [0.717, 1.165) is 0 Å². The van der Waals surface area contributed by atoms with Gasteiger partial charge < -0.3 is 36.0 Å². The summed E-state index contributed by atoms with van der Waals surface area (Å²) in [7, 11) is 8.11. The third-order valence-electron chi connectivity index (χ3n) is 8.96. The van der Waals surface area contributed by atoms with E-state index in [1.807, 2.05) is 19.0 Å². The Morgan fingerprint density at radius 1 is 1.09 bits per heavy atom. The van der Waals surface area contributed by atoms with E-state index in [-0.39, 0.29) is 35.6 Å². The van der Waals surface area contributed by atoms with Crippen LogP contribution in [0.5, 0.6) is 5.75 Å². The molecule has 0 aliphatic heterocycles. The molecule has 0 spiro atoms. The number of phenols is 1. The van der Waals surface area contributed by atoms with Gasteiger partial charge in [0.1, 0.15) is 22.8 Å². The second-order valence-corrected chi connectivity index (χ2v) is 11.9. The number of aliphatic hydroxyl groups excluding tert-OH is 2. The third-order valence-corrected chi connectivity index (χ3v) is 8.96. The number of carbonyl (C=O) groups excluding carboxylic acids is 4. The number of ketones is 2. The number of nitrogens with zero attached hydrogens (tertiary/aromatic N) is 2. The summed E-state index contributed by atoms with van der Waals surface area (Å²) in [6.07, 6.45) is 0.364. The predicted octanol–water partition coefficient (Wildman–Crippen LogP) is 2.47. The van der Waals surface area contributed by atoms with E-state index in [2.05, 4.69) is 5.32 Å². The van der Waals surface area contributed by atoms with E-state index >= 15 is 0 Å². The summed E-state index contributed by atoms with van der Waals surface area (Å²) >= 11 is 0. The van der Waals surface area contributed by atoms with Crippen LogP contribution in [0.15, 0.2) is 53.0 Å². The molecule has 0 fully saturated rings. The van der Waals surface area contributed by atoms with Crippen molar-refractivity contribution in [3.05, 3.63) is 64.1 Å². The lowest BCUT2D eigenvalue weighted by atomic mass is 9.58. The fraction of sp³-hybridized carbons (Fsp3) is 0.375. The number of aliphatic hydroxyl groups is 2. The number of benzene rings is 2. The first kappa shape index (κ1) is 30.8. The summed E-state index contributed by atoms with van der Waals surface area (Å²) in [6, 6.07) is 7.65. The van der Waals surface area contributed by atoms with Gasteiger partial charge >= 0.3 is 0 Å². The molecule has 6 N–H and O–H groups in total. The van der Waals surface area contributed by atoms with Crippen molar-refractivity contribution in [2.75, 3.05) is 45.5 Å². The number of ether oxygens (including phenoxy) is 1. The molecule has 0 radical (unpaired) electrons. The second kappa shape index (κ2) is 10.8. The highest BCUT2D eigenvalue weighted by atomic mass is 16.5. The van der Waals surface area contributed by atoms with Crippen molar-refractivity contribution in [1.82, 2.24) is 4.90 Å². The Hall–Kier alpha value is -4.68. The minimum Gasteiger partial charge on any atom is -0.510 e. The van der Waals surface area contributed by atoms with Crippen LogP contribution >= 0.6 is 0 Å². The summed E-state index contributed by atoms with van der Waals surface area (Å²) in [6.45, 7) is 1.38. The molecule has 4 atom stereocenters. The Kier molecular flexibility index (Phi) is 7.55. The van der Waals surface area contributed by atoms with Gasteiger partial charge in [0.05, 0.1) is 11.6 Å². The predicted molar refractivity (Wildman–Crippen MR) is 163 cm³/mol. The van der Waals surface area contributed by atoms with Gasteiger partial charge in [-0.05, 0) is 62.2 Å². The molecule has 5 rings (SSSR count). The maximum absolute atomic E-state index is 14.4. The summed E-state index contributed by atoms with van der Waals surface area (Å²) in [5.74, 6) is -6.15. The highest BCUT2D eigenvalue weighted by molar-refractivity contribution is 6.25. The minimum absolute atomic E-state index is 0.0282. The number of hydrogen-bond acceptors (Lipinski definition) is 10. The van der Waals surface area contributed by atoms with Crippen LogP contribution in [0.4, 0.5) is 11.4 Å². The van der Waals surface area contributed by atoms with Gasteiger partial charge in [-0.3, -0.25) is 24.1 Å². The number of nitrogens with two attached hydrogens (primary N) is 1. The number of allylic oxidation sites excluding steroid dienone is 1. The number of primary amides is 1. The molecular weight excluding hydrogens is 568 g/mol. The van der Waals surface area contributed by atoms with Crippen molar-refractivity contribution in [3.63, 3.8) is 0 Å². The van der Waals surface area contributed by atoms with Gasteiger partial charge in [0, 0.05) is 56.6 Å². The van der Waals surface area contributed by atoms with Crippen molar-refractivity contribution in [1.29, 1.82) is 0 Å². The Morgan fingerprint density at radius 3 is 2.34 bits per heavy atom. The van der Waals surface area contributed by atoms with Gasteiger partial charge in [0.15, 0.2) is 11.4 Å². The summed E-state index contributed by atoms with van der Waals surface area (Å²) < 4.78 is 5.74. The van der Waals surface area contributed by atoms with E-state index in [0.29, 0.717) is 28.1 Å². The number of aromatic hydroxyl groups is 1. The SMILES string of the molecule is CO[C@@]12C(=O)C(C(N)=O)=C(O)C(N(C)C)C1CC1Cc3c(N(C)C)cc(-c4cccc(NC(C)=O)c4)c(O)c3C(=O)C1=C2O. The molecule has 12 nitrogen and oxygen atoms in total.